The molecule has 1 N–H and O–H groups in total. The van der Waals surface area contributed by atoms with E-state index >= 15 is 0 Å². The zero-order valence-electron chi connectivity index (χ0n) is 12.4. The lowest BCUT2D eigenvalue weighted by Crippen LogP contribution is -2.43. The van der Waals surface area contributed by atoms with E-state index in [1.165, 1.54) is 4.31 Å². The Morgan fingerprint density at radius 1 is 1.21 bits per heavy atom. The molecular weight excluding hydrogens is 367 g/mol. The molecule has 2 saturated carbocycles. The molecule has 3 aliphatic rings. The molecular formula is C15H15ClF3NO3S. The molecule has 2 aliphatic carbocycles. The summed E-state index contributed by atoms with van der Waals surface area (Å²) in [4.78, 5) is -0.339. The highest BCUT2D eigenvalue weighted by Gasteiger charge is 2.61. The van der Waals surface area contributed by atoms with Crippen molar-refractivity contribution in [3.63, 3.8) is 0 Å². The van der Waals surface area contributed by atoms with E-state index in [9.17, 15) is 26.7 Å². The second kappa shape index (κ2) is 5.09. The summed E-state index contributed by atoms with van der Waals surface area (Å²) in [5, 5.41) is 9.87. The lowest BCUT2D eigenvalue weighted by atomic mass is 9.88. The Morgan fingerprint density at radius 3 is 2.50 bits per heavy atom. The summed E-state index contributed by atoms with van der Waals surface area (Å²) in [6, 6.07) is 1.77. The zero-order chi connectivity index (χ0) is 17.4. The van der Waals surface area contributed by atoms with Gasteiger partial charge in [0.2, 0.25) is 10.0 Å². The van der Waals surface area contributed by atoms with Gasteiger partial charge in [0.15, 0.2) is 0 Å². The van der Waals surface area contributed by atoms with Crippen LogP contribution < -0.4 is 0 Å². The van der Waals surface area contributed by atoms with Crippen LogP contribution in [0.15, 0.2) is 23.1 Å². The summed E-state index contributed by atoms with van der Waals surface area (Å²) < 4.78 is 65.3. The maximum absolute atomic E-state index is 12.9. The maximum Gasteiger partial charge on any atom is 0.416 e. The minimum absolute atomic E-state index is 0.119. The standard InChI is InChI=1S/C15H15ClF3NO3S/c16-11-5-9(15(17,18)19)1-2-12(11)24(22,23)20-6-8-3-7-4-10(8)13(20)14(7)21/h1-2,5,7-8,10,13-14,21H,3-4,6H2. The normalized spacial score (nSPS) is 35.8. The van der Waals surface area contributed by atoms with Crippen molar-refractivity contribution < 1.29 is 26.7 Å². The highest BCUT2D eigenvalue weighted by molar-refractivity contribution is 7.89. The molecule has 0 spiro atoms. The van der Waals surface area contributed by atoms with Crippen molar-refractivity contribution in [3.8, 4) is 0 Å². The Bertz CT molecular complexity index is 796. The largest absolute Gasteiger partial charge is 0.416 e. The number of alkyl halides is 3. The molecule has 3 fully saturated rings. The number of aliphatic hydroxyl groups excluding tert-OH is 1. The summed E-state index contributed by atoms with van der Waals surface area (Å²) >= 11 is 5.86. The fraction of sp³-hybridized carbons (Fsp3) is 0.600. The maximum atomic E-state index is 12.9. The number of sulfonamides is 1. The third kappa shape index (κ3) is 2.23. The van der Waals surface area contributed by atoms with Crippen molar-refractivity contribution in [2.24, 2.45) is 17.8 Å². The molecule has 2 bridgehead atoms. The molecule has 132 valence electrons. The van der Waals surface area contributed by atoms with Crippen molar-refractivity contribution >= 4 is 21.6 Å². The SMILES string of the molecule is O=S(=O)(c1ccc(C(F)(F)F)cc1Cl)N1CC2CC3CC2C1C3O. The third-order valence-corrected chi connectivity index (χ3v) is 8.00. The zero-order valence-corrected chi connectivity index (χ0v) is 13.9. The Morgan fingerprint density at radius 2 is 1.92 bits per heavy atom. The molecule has 9 heteroatoms. The third-order valence-electron chi connectivity index (χ3n) is 5.65. The summed E-state index contributed by atoms with van der Waals surface area (Å²) in [5.41, 5.74) is -0.992. The van der Waals surface area contributed by atoms with Crippen molar-refractivity contribution in [2.45, 2.75) is 36.1 Å². The van der Waals surface area contributed by atoms with Crippen LogP contribution in [0.4, 0.5) is 13.2 Å². The molecule has 1 heterocycles. The van der Waals surface area contributed by atoms with E-state index in [4.69, 9.17) is 11.6 Å². The predicted octanol–water partition coefficient (Wildman–Crippen LogP) is 2.75. The molecule has 0 amide bonds. The van der Waals surface area contributed by atoms with Gasteiger partial charge in [-0.2, -0.15) is 17.5 Å². The number of benzene rings is 1. The molecule has 4 rings (SSSR count). The Kier molecular flexibility index (Phi) is 3.53. The fourth-order valence-electron chi connectivity index (χ4n) is 4.65. The number of halogens is 4. The van der Waals surface area contributed by atoms with Crippen LogP contribution in [0.1, 0.15) is 18.4 Å². The number of aliphatic hydroxyl groups is 1. The molecule has 5 unspecified atom stereocenters. The summed E-state index contributed by atoms with van der Waals surface area (Å²) in [6.07, 6.45) is -3.69. The fourth-order valence-corrected chi connectivity index (χ4v) is 6.91. The molecule has 0 radical (unpaired) electrons. The first-order valence-corrected chi connectivity index (χ1v) is 9.49. The average Bonchev–Trinajstić information content (AvgIpc) is 3.07. The molecule has 1 saturated heterocycles. The van der Waals surface area contributed by atoms with Crippen LogP contribution in [0.25, 0.3) is 0 Å². The smallest absolute Gasteiger partial charge is 0.391 e. The molecule has 0 aromatic heterocycles. The summed E-state index contributed by atoms with van der Waals surface area (Å²) in [5.74, 6) is 0.465. The van der Waals surface area contributed by atoms with Crippen LogP contribution in [0, 0.1) is 17.8 Å². The van der Waals surface area contributed by atoms with Crippen LogP contribution in [-0.2, 0) is 16.2 Å². The van der Waals surface area contributed by atoms with Gasteiger partial charge in [-0.1, -0.05) is 11.6 Å². The summed E-state index contributed by atoms with van der Waals surface area (Å²) in [7, 11) is -4.05. The molecule has 1 aromatic rings. The lowest BCUT2D eigenvalue weighted by Gasteiger charge is -2.28. The van der Waals surface area contributed by atoms with E-state index in [-0.39, 0.29) is 22.6 Å². The van der Waals surface area contributed by atoms with E-state index in [0.29, 0.717) is 12.6 Å². The highest BCUT2D eigenvalue weighted by atomic mass is 35.5. The molecule has 4 nitrogen and oxygen atoms in total. The van der Waals surface area contributed by atoms with Gasteiger partial charge in [-0.25, -0.2) is 8.42 Å². The minimum Gasteiger partial charge on any atom is -0.391 e. The first kappa shape index (κ1) is 16.6. The lowest BCUT2D eigenvalue weighted by molar-refractivity contribution is -0.137. The van der Waals surface area contributed by atoms with Crippen LogP contribution in [0.5, 0.6) is 0 Å². The average molecular weight is 382 g/mol. The second-order valence-electron chi connectivity index (χ2n) is 6.85. The van der Waals surface area contributed by atoms with E-state index < -0.39 is 38.9 Å². The van der Waals surface area contributed by atoms with E-state index in [1.54, 1.807) is 0 Å². The number of fused-ring (bicyclic) bond motifs is 1. The van der Waals surface area contributed by atoms with Crippen molar-refractivity contribution in [2.75, 3.05) is 6.54 Å². The topological polar surface area (TPSA) is 57.6 Å². The first-order chi connectivity index (χ1) is 11.1. The van der Waals surface area contributed by atoms with Crippen LogP contribution in [-0.4, -0.2) is 36.5 Å². The first-order valence-electron chi connectivity index (χ1n) is 7.67. The van der Waals surface area contributed by atoms with Gasteiger partial charge in [0.1, 0.15) is 4.90 Å². The highest BCUT2D eigenvalue weighted by Crippen LogP contribution is 2.56. The Hall–Kier alpha value is -0.830. The van der Waals surface area contributed by atoms with Crippen molar-refractivity contribution in [3.05, 3.63) is 28.8 Å². The molecule has 1 aliphatic heterocycles. The van der Waals surface area contributed by atoms with Gasteiger partial charge in [-0.05, 0) is 48.8 Å². The summed E-state index contributed by atoms with van der Waals surface area (Å²) in [6.45, 7) is 0.294. The van der Waals surface area contributed by atoms with Crippen molar-refractivity contribution in [1.29, 1.82) is 0 Å². The van der Waals surface area contributed by atoms with Gasteiger partial charge in [0.25, 0.3) is 0 Å². The Labute approximate surface area is 142 Å². The van der Waals surface area contributed by atoms with Gasteiger partial charge in [0, 0.05) is 6.54 Å². The number of rotatable bonds is 2. The van der Waals surface area contributed by atoms with Gasteiger partial charge in [-0.3, -0.25) is 0 Å². The Balaban J connectivity index is 1.72. The minimum atomic E-state index is -4.59. The van der Waals surface area contributed by atoms with E-state index in [0.717, 1.165) is 25.0 Å². The van der Waals surface area contributed by atoms with Crippen LogP contribution in [0.2, 0.25) is 5.02 Å². The second-order valence-corrected chi connectivity index (χ2v) is 9.12. The predicted molar refractivity (Wildman–Crippen MR) is 79.8 cm³/mol. The van der Waals surface area contributed by atoms with Gasteiger partial charge >= 0.3 is 6.18 Å². The monoisotopic (exact) mass is 381 g/mol. The quantitative estimate of drug-likeness (QED) is 0.857. The van der Waals surface area contributed by atoms with Gasteiger partial charge in [-0.15, -0.1) is 0 Å². The van der Waals surface area contributed by atoms with Gasteiger partial charge in [0.05, 0.1) is 22.7 Å². The van der Waals surface area contributed by atoms with Crippen LogP contribution >= 0.6 is 11.6 Å². The number of hydrogen-bond acceptors (Lipinski definition) is 3. The number of hydrogen-bond donors (Lipinski definition) is 1. The van der Waals surface area contributed by atoms with Crippen LogP contribution in [0.3, 0.4) is 0 Å². The molecule has 5 atom stereocenters. The molecule has 1 aromatic carbocycles. The van der Waals surface area contributed by atoms with Crippen molar-refractivity contribution in [1.82, 2.24) is 4.31 Å². The van der Waals surface area contributed by atoms with E-state index in [1.807, 2.05) is 0 Å². The number of nitrogens with zero attached hydrogens (tertiary/aromatic N) is 1. The van der Waals surface area contributed by atoms with E-state index in [2.05, 4.69) is 0 Å². The molecule has 24 heavy (non-hydrogen) atoms. The van der Waals surface area contributed by atoms with Gasteiger partial charge < -0.3 is 5.11 Å².